The summed E-state index contributed by atoms with van der Waals surface area (Å²) in [6.07, 6.45) is 4.31. The van der Waals surface area contributed by atoms with Crippen LogP contribution in [0.25, 0.3) is 0 Å². The maximum atomic E-state index is 6.16. The summed E-state index contributed by atoms with van der Waals surface area (Å²) in [5, 5.41) is 4.03. The van der Waals surface area contributed by atoms with Gasteiger partial charge in [0.05, 0.1) is 5.69 Å². The van der Waals surface area contributed by atoms with Gasteiger partial charge in [-0.2, -0.15) is 0 Å². The van der Waals surface area contributed by atoms with Crippen LogP contribution in [0.5, 0.6) is 0 Å². The van der Waals surface area contributed by atoms with E-state index in [1.165, 1.54) is 17.5 Å². The largest absolute Gasteiger partial charge is 0.344 e. The van der Waals surface area contributed by atoms with Crippen LogP contribution in [0.3, 0.4) is 0 Å². The van der Waals surface area contributed by atoms with Crippen molar-refractivity contribution in [3.05, 3.63) is 52.1 Å². The number of benzene rings is 1. The van der Waals surface area contributed by atoms with Gasteiger partial charge in [0.1, 0.15) is 5.82 Å². The van der Waals surface area contributed by atoms with Gasteiger partial charge >= 0.3 is 0 Å². The topological polar surface area (TPSA) is 40.7 Å². The number of H-pyrrole nitrogens is 1. The molecule has 0 bridgehead atoms. The zero-order valence-corrected chi connectivity index (χ0v) is 13.6. The highest BCUT2D eigenvalue weighted by Crippen LogP contribution is 2.14. The molecule has 0 aliphatic carbocycles. The molecule has 0 fully saturated rings. The molecule has 0 radical (unpaired) electrons. The zero-order valence-electron chi connectivity index (χ0n) is 12.9. The third kappa shape index (κ3) is 4.87. The van der Waals surface area contributed by atoms with Crippen LogP contribution in [0.15, 0.2) is 24.3 Å². The third-order valence-corrected chi connectivity index (χ3v) is 3.99. The molecule has 0 unspecified atom stereocenters. The molecular weight excluding hydrogens is 282 g/mol. The lowest BCUT2D eigenvalue weighted by Gasteiger charge is -2.06. The molecule has 2 rings (SSSR count). The molecule has 0 atom stereocenters. The summed E-state index contributed by atoms with van der Waals surface area (Å²) < 4.78 is 0. The third-order valence-electron chi connectivity index (χ3n) is 3.68. The smallest absolute Gasteiger partial charge is 0.151 e. The van der Waals surface area contributed by atoms with Gasteiger partial charge < -0.3 is 10.3 Å². The van der Waals surface area contributed by atoms with E-state index in [1.807, 2.05) is 0 Å². The average Bonchev–Trinajstić information content (AvgIpc) is 2.83. The Morgan fingerprint density at radius 1 is 1.24 bits per heavy atom. The second-order valence-corrected chi connectivity index (χ2v) is 5.77. The maximum absolute atomic E-state index is 6.16. The monoisotopic (exact) mass is 305 g/mol. The van der Waals surface area contributed by atoms with Gasteiger partial charge in [-0.1, -0.05) is 49.2 Å². The highest BCUT2D eigenvalue weighted by atomic mass is 35.5. The molecule has 114 valence electrons. The number of rotatable bonds is 8. The fourth-order valence-electron chi connectivity index (χ4n) is 2.35. The summed E-state index contributed by atoms with van der Waals surface area (Å²) in [7, 11) is 0. The number of hydrogen-bond donors (Lipinski definition) is 2. The van der Waals surface area contributed by atoms with Gasteiger partial charge in [-0.05, 0) is 37.4 Å². The molecule has 0 aliphatic rings. The molecule has 0 spiro atoms. The van der Waals surface area contributed by atoms with Crippen molar-refractivity contribution >= 4 is 11.6 Å². The van der Waals surface area contributed by atoms with E-state index in [0.29, 0.717) is 5.15 Å². The lowest BCUT2D eigenvalue weighted by Crippen LogP contribution is -2.17. The number of hydrogen-bond acceptors (Lipinski definition) is 2. The van der Waals surface area contributed by atoms with Gasteiger partial charge in [-0.25, -0.2) is 4.98 Å². The van der Waals surface area contributed by atoms with Crippen molar-refractivity contribution in [1.29, 1.82) is 0 Å². The van der Waals surface area contributed by atoms with Crippen molar-refractivity contribution in [3.63, 3.8) is 0 Å². The number of halogens is 1. The van der Waals surface area contributed by atoms with Crippen molar-refractivity contribution in [1.82, 2.24) is 15.3 Å². The summed E-state index contributed by atoms with van der Waals surface area (Å²) in [4.78, 5) is 7.69. The molecule has 0 saturated heterocycles. The fraction of sp³-hybridized carbons (Fsp3) is 0.471. The quantitative estimate of drug-likeness (QED) is 0.722. The molecule has 0 saturated carbocycles. The van der Waals surface area contributed by atoms with Crippen molar-refractivity contribution in [3.8, 4) is 0 Å². The Balaban J connectivity index is 1.78. The lowest BCUT2D eigenvalue weighted by atomic mass is 10.1. The number of unbranched alkanes of at least 4 members (excludes halogenated alkanes) is 1. The van der Waals surface area contributed by atoms with Crippen LogP contribution in [-0.2, 0) is 19.4 Å². The molecule has 1 aromatic carbocycles. The summed E-state index contributed by atoms with van der Waals surface area (Å²) in [6.45, 7) is 6.01. The Bertz CT molecular complexity index is 563. The molecule has 2 aromatic rings. The van der Waals surface area contributed by atoms with Gasteiger partial charge in [-0.15, -0.1) is 0 Å². The van der Waals surface area contributed by atoms with E-state index in [0.717, 1.165) is 43.9 Å². The van der Waals surface area contributed by atoms with Crippen molar-refractivity contribution < 1.29 is 0 Å². The molecule has 21 heavy (non-hydrogen) atoms. The van der Waals surface area contributed by atoms with Crippen molar-refractivity contribution in [2.45, 2.75) is 46.1 Å². The highest BCUT2D eigenvalue weighted by Gasteiger charge is 2.07. The molecule has 4 heteroatoms. The van der Waals surface area contributed by atoms with Crippen LogP contribution in [0.2, 0.25) is 5.15 Å². The number of nitrogens with one attached hydrogen (secondary N) is 2. The fourth-order valence-corrected chi connectivity index (χ4v) is 2.56. The predicted octanol–water partition coefficient (Wildman–Crippen LogP) is 4.05. The average molecular weight is 306 g/mol. The van der Waals surface area contributed by atoms with E-state index in [9.17, 15) is 0 Å². The zero-order chi connectivity index (χ0) is 15.1. The van der Waals surface area contributed by atoms with Gasteiger partial charge in [0, 0.05) is 13.0 Å². The Morgan fingerprint density at radius 2 is 2.05 bits per heavy atom. The van der Waals surface area contributed by atoms with Crippen LogP contribution in [0.4, 0.5) is 0 Å². The minimum Gasteiger partial charge on any atom is -0.344 e. The summed E-state index contributed by atoms with van der Waals surface area (Å²) >= 11 is 6.16. The summed E-state index contributed by atoms with van der Waals surface area (Å²) in [6, 6.07) is 8.51. The van der Waals surface area contributed by atoms with Crippen molar-refractivity contribution in [2.24, 2.45) is 0 Å². The molecule has 2 N–H and O–H groups in total. The van der Waals surface area contributed by atoms with Crippen molar-refractivity contribution in [2.75, 3.05) is 6.54 Å². The van der Waals surface area contributed by atoms with Crippen LogP contribution in [0.1, 0.15) is 42.4 Å². The van der Waals surface area contributed by atoms with E-state index in [-0.39, 0.29) is 0 Å². The first kappa shape index (κ1) is 16.1. The first-order valence-electron chi connectivity index (χ1n) is 7.69. The number of aromatic amines is 1. The lowest BCUT2D eigenvalue weighted by molar-refractivity contribution is 0.673. The molecular formula is C17H24ClN3. The predicted molar refractivity (Wildman–Crippen MR) is 88.8 cm³/mol. The van der Waals surface area contributed by atoms with Gasteiger partial charge in [-0.3, -0.25) is 0 Å². The Kier molecular flexibility index (Phi) is 6.27. The Morgan fingerprint density at radius 3 is 2.81 bits per heavy atom. The van der Waals surface area contributed by atoms with Gasteiger partial charge in [0.2, 0.25) is 0 Å². The molecule has 1 heterocycles. The number of imidazole rings is 1. The minimum atomic E-state index is 0.601. The summed E-state index contributed by atoms with van der Waals surface area (Å²) in [5.41, 5.74) is 3.73. The SMILES string of the molecule is CCCCc1nc(Cl)c(CNCCc2ccccc2C)[nH]1. The van der Waals surface area contributed by atoms with Crippen LogP contribution < -0.4 is 5.32 Å². The van der Waals surface area contributed by atoms with Crippen LogP contribution in [0, 0.1) is 6.92 Å². The second kappa shape index (κ2) is 8.20. The maximum Gasteiger partial charge on any atom is 0.151 e. The molecule has 0 aliphatic heterocycles. The van der Waals surface area contributed by atoms with E-state index in [4.69, 9.17) is 11.6 Å². The minimum absolute atomic E-state index is 0.601. The number of nitrogens with zero attached hydrogens (tertiary/aromatic N) is 1. The van der Waals surface area contributed by atoms with Crippen LogP contribution >= 0.6 is 11.6 Å². The van der Waals surface area contributed by atoms with E-state index >= 15 is 0 Å². The first-order valence-corrected chi connectivity index (χ1v) is 8.07. The number of aromatic nitrogens is 2. The molecule has 3 nitrogen and oxygen atoms in total. The van der Waals surface area contributed by atoms with Gasteiger partial charge in [0.15, 0.2) is 5.15 Å². The second-order valence-electron chi connectivity index (χ2n) is 5.41. The van der Waals surface area contributed by atoms with E-state index < -0.39 is 0 Å². The molecule has 1 aromatic heterocycles. The highest BCUT2D eigenvalue weighted by molar-refractivity contribution is 6.30. The van der Waals surface area contributed by atoms with E-state index in [2.05, 4.69) is 53.4 Å². The Labute approximate surface area is 132 Å². The normalized spacial score (nSPS) is 11.0. The summed E-state index contributed by atoms with van der Waals surface area (Å²) in [5.74, 6) is 0.998. The standard InChI is InChI=1S/C17H24ClN3/c1-3-4-9-16-20-15(17(18)21-16)12-19-11-10-14-8-6-5-7-13(14)2/h5-8,19H,3-4,9-12H2,1-2H3,(H,20,21). The Hall–Kier alpha value is -1.32. The number of aryl methyl sites for hydroxylation is 2. The van der Waals surface area contributed by atoms with Gasteiger partial charge in [0.25, 0.3) is 0 Å². The molecule has 0 amide bonds. The first-order chi connectivity index (χ1) is 10.2. The van der Waals surface area contributed by atoms with Crippen LogP contribution in [-0.4, -0.2) is 16.5 Å². The van der Waals surface area contributed by atoms with E-state index in [1.54, 1.807) is 0 Å².